The van der Waals surface area contributed by atoms with Crippen molar-refractivity contribution in [2.24, 2.45) is 5.92 Å². The van der Waals surface area contributed by atoms with Crippen LogP contribution in [0.4, 0.5) is 0 Å². The van der Waals surface area contributed by atoms with Gasteiger partial charge in [-0.15, -0.1) is 0 Å². The Morgan fingerprint density at radius 2 is 1.65 bits per heavy atom. The van der Waals surface area contributed by atoms with Crippen molar-refractivity contribution in [3.8, 4) is 5.75 Å². The summed E-state index contributed by atoms with van der Waals surface area (Å²) in [6, 6.07) is 3.10. The fraction of sp³-hybridized carbons (Fsp3) is 0.500. The van der Waals surface area contributed by atoms with Crippen LogP contribution in [0.15, 0.2) is 12.1 Å². The normalized spacial score (nSPS) is 15.0. The number of carbonyl (C=O) groups is 2. The molecule has 2 amide bonds. The van der Waals surface area contributed by atoms with Crippen molar-refractivity contribution in [1.29, 1.82) is 0 Å². The van der Waals surface area contributed by atoms with Gasteiger partial charge in [0.25, 0.3) is 5.91 Å². The second-order valence-electron chi connectivity index (χ2n) is 5.74. The van der Waals surface area contributed by atoms with Gasteiger partial charge in [0.2, 0.25) is 5.91 Å². The van der Waals surface area contributed by atoms with E-state index in [0.29, 0.717) is 47.5 Å². The van der Waals surface area contributed by atoms with E-state index in [4.69, 9.17) is 27.9 Å². The second kappa shape index (κ2) is 7.41. The van der Waals surface area contributed by atoms with Crippen molar-refractivity contribution in [2.75, 3.05) is 33.3 Å². The molecule has 0 bridgehead atoms. The molecule has 1 saturated heterocycles. The summed E-state index contributed by atoms with van der Waals surface area (Å²) in [6.07, 6.45) is 0. The first-order valence-electron chi connectivity index (χ1n) is 7.46. The molecule has 1 aromatic rings. The zero-order chi connectivity index (χ0) is 17.1. The average molecular weight is 359 g/mol. The number of halogens is 2. The predicted molar refractivity (Wildman–Crippen MR) is 90.3 cm³/mol. The standard InChI is InChI=1S/C16H20Cl2N2O3/c1-10(2)15(21)19-4-6-20(7-5-19)16(22)12-8-11(17)9-13(18)14(12)23-3/h8-10H,4-7H2,1-3H3. The molecule has 1 aliphatic rings. The van der Waals surface area contributed by atoms with E-state index in [0.717, 1.165) is 0 Å². The van der Waals surface area contributed by atoms with Gasteiger partial charge in [-0.3, -0.25) is 9.59 Å². The first-order chi connectivity index (χ1) is 10.8. The van der Waals surface area contributed by atoms with E-state index >= 15 is 0 Å². The minimum absolute atomic E-state index is 0.0379. The molecule has 2 rings (SSSR count). The summed E-state index contributed by atoms with van der Waals surface area (Å²) in [5.74, 6) is 0.203. The molecule has 23 heavy (non-hydrogen) atoms. The van der Waals surface area contributed by atoms with E-state index in [1.807, 2.05) is 13.8 Å². The van der Waals surface area contributed by atoms with E-state index in [2.05, 4.69) is 0 Å². The Bertz CT molecular complexity index is 612. The molecule has 1 aromatic carbocycles. The molecule has 0 spiro atoms. The van der Waals surface area contributed by atoms with Crippen LogP contribution >= 0.6 is 23.2 Å². The van der Waals surface area contributed by atoms with Crippen LogP contribution in [0, 0.1) is 5.92 Å². The van der Waals surface area contributed by atoms with Gasteiger partial charge in [-0.25, -0.2) is 0 Å². The van der Waals surface area contributed by atoms with Crippen molar-refractivity contribution in [3.63, 3.8) is 0 Å². The molecule has 1 fully saturated rings. The summed E-state index contributed by atoms with van der Waals surface area (Å²) in [7, 11) is 1.46. The van der Waals surface area contributed by atoms with Crippen LogP contribution in [0.1, 0.15) is 24.2 Å². The Morgan fingerprint density at radius 3 is 2.17 bits per heavy atom. The topological polar surface area (TPSA) is 49.9 Å². The summed E-state index contributed by atoms with van der Waals surface area (Å²) >= 11 is 12.1. The van der Waals surface area contributed by atoms with Gasteiger partial charge in [0.1, 0.15) is 5.75 Å². The highest BCUT2D eigenvalue weighted by Gasteiger charge is 2.28. The molecule has 0 unspecified atom stereocenters. The molecular formula is C16H20Cl2N2O3. The number of methoxy groups -OCH3 is 1. The molecular weight excluding hydrogens is 339 g/mol. The maximum absolute atomic E-state index is 12.7. The molecule has 126 valence electrons. The number of rotatable bonds is 3. The van der Waals surface area contributed by atoms with Gasteiger partial charge in [-0.1, -0.05) is 37.0 Å². The highest BCUT2D eigenvalue weighted by atomic mass is 35.5. The van der Waals surface area contributed by atoms with Gasteiger partial charge in [-0.2, -0.15) is 0 Å². The molecule has 0 atom stereocenters. The predicted octanol–water partition coefficient (Wildman–Crippen LogP) is 2.94. The van der Waals surface area contributed by atoms with Crippen LogP contribution in [0.3, 0.4) is 0 Å². The van der Waals surface area contributed by atoms with Crippen molar-refractivity contribution >= 4 is 35.0 Å². The lowest BCUT2D eigenvalue weighted by molar-refractivity contribution is -0.135. The summed E-state index contributed by atoms with van der Waals surface area (Å²) in [5, 5.41) is 0.685. The van der Waals surface area contributed by atoms with Crippen molar-refractivity contribution in [3.05, 3.63) is 27.7 Å². The fourth-order valence-electron chi connectivity index (χ4n) is 2.59. The van der Waals surface area contributed by atoms with Gasteiger partial charge in [0.05, 0.1) is 17.7 Å². The quantitative estimate of drug-likeness (QED) is 0.834. The molecule has 0 aliphatic carbocycles. The second-order valence-corrected chi connectivity index (χ2v) is 6.58. The highest BCUT2D eigenvalue weighted by molar-refractivity contribution is 6.36. The summed E-state index contributed by atoms with van der Waals surface area (Å²) in [4.78, 5) is 28.2. The Hall–Kier alpha value is -1.46. The van der Waals surface area contributed by atoms with Crippen LogP contribution in [0.5, 0.6) is 5.75 Å². The third-order valence-electron chi connectivity index (χ3n) is 3.82. The fourth-order valence-corrected chi connectivity index (χ4v) is 3.16. The van der Waals surface area contributed by atoms with Crippen molar-refractivity contribution in [1.82, 2.24) is 9.80 Å². The number of piperazine rings is 1. The van der Waals surface area contributed by atoms with Crippen molar-refractivity contribution in [2.45, 2.75) is 13.8 Å². The Kier molecular flexibility index (Phi) is 5.76. The highest BCUT2D eigenvalue weighted by Crippen LogP contribution is 2.33. The zero-order valence-corrected chi connectivity index (χ0v) is 14.9. The molecule has 1 heterocycles. The van der Waals surface area contributed by atoms with Crippen LogP contribution in [-0.4, -0.2) is 54.9 Å². The maximum atomic E-state index is 12.7. The number of nitrogens with zero attached hydrogens (tertiary/aromatic N) is 2. The van der Waals surface area contributed by atoms with Crippen LogP contribution in [0.25, 0.3) is 0 Å². The van der Waals surface area contributed by atoms with E-state index in [9.17, 15) is 9.59 Å². The third-order valence-corrected chi connectivity index (χ3v) is 4.31. The molecule has 7 heteroatoms. The summed E-state index contributed by atoms with van der Waals surface area (Å²) in [5.41, 5.74) is 0.341. The lowest BCUT2D eigenvalue weighted by Crippen LogP contribution is -2.51. The minimum Gasteiger partial charge on any atom is -0.494 e. The molecule has 0 saturated carbocycles. The van der Waals surface area contributed by atoms with Crippen LogP contribution < -0.4 is 4.74 Å². The van der Waals surface area contributed by atoms with E-state index in [1.165, 1.54) is 13.2 Å². The van der Waals surface area contributed by atoms with E-state index in [-0.39, 0.29) is 17.7 Å². The molecule has 0 N–H and O–H groups in total. The number of ether oxygens (including phenoxy) is 1. The number of hydrogen-bond donors (Lipinski definition) is 0. The van der Waals surface area contributed by atoms with Crippen molar-refractivity contribution < 1.29 is 14.3 Å². The zero-order valence-electron chi connectivity index (χ0n) is 13.4. The first-order valence-corrected chi connectivity index (χ1v) is 8.21. The van der Waals surface area contributed by atoms with Gasteiger partial charge in [0, 0.05) is 37.1 Å². The Labute approximate surface area is 146 Å². The number of carbonyl (C=O) groups excluding carboxylic acids is 2. The van der Waals surface area contributed by atoms with Gasteiger partial charge >= 0.3 is 0 Å². The van der Waals surface area contributed by atoms with Gasteiger partial charge < -0.3 is 14.5 Å². The van der Waals surface area contributed by atoms with E-state index in [1.54, 1.807) is 15.9 Å². The first kappa shape index (κ1) is 17.9. The average Bonchev–Trinajstić information content (AvgIpc) is 2.52. The summed E-state index contributed by atoms with van der Waals surface area (Å²) in [6.45, 7) is 5.76. The monoisotopic (exact) mass is 358 g/mol. The molecule has 5 nitrogen and oxygen atoms in total. The maximum Gasteiger partial charge on any atom is 0.257 e. The Balaban J connectivity index is 2.13. The van der Waals surface area contributed by atoms with Gasteiger partial charge in [-0.05, 0) is 12.1 Å². The lowest BCUT2D eigenvalue weighted by atomic mass is 10.1. The lowest BCUT2D eigenvalue weighted by Gasteiger charge is -2.35. The SMILES string of the molecule is COc1c(Cl)cc(Cl)cc1C(=O)N1CCN(C(=O)C(C)C)CC1. The molecule has 1 aliphatic heterocycles. The third kappa shape index (κ3) is 3.90. The van der Waals surface area contributed by atoms with Gasteiger partial charge in [0.15, 0.2) is 0 Å². The molecule has 0 radical (unpaired) electrons. The van der Waals surface area contributed by atoms with E-state index < -0.39 is 0 Å². The Morgan fingerprint density at radius 1 is 1.09 bits per heavy atom. The largest absolute Gasteiger partial charge is 0.494 e. The van der Waals surface area contributed by atoms with Crippen LogP contribution in [0.2, 0.25) is 10.0 Å². The number of benzene rings is 1. The molecule has 0 aromatic heterocycles. The smallest absolute Gasteiger partial charge is 0.257 e. The minimum atomic E-state index is -0.192. The van der Waals surface area contributed by atoms with Crippen LogP contribution in [-0.2, 0) is 4.79 Å². The number of hydrogen-bond acceptors (Lipinski definition) is 3. The number of amides is 2. The summed E-state index contributed by atoms with van der Waals surface area (Å²) < 4.78 is 5.23.